The van der Waals surface area contributed by atoms with Gasteiger partial charge in [0.1, 0.15) is 0 Å². The van der Waals surface area contributed by atoms with Crippen molar-refractivity contribution in [2.45, 2.75) is 92.6 Å². The van der Waals surface area contributed by atoms with Gasteiger partial charge in [0.25, 0.3) is 0 Å². The van der Waals surface area contributed by atoms with Crippen molar-refractivity contribution in [2.24, 2.45) is 11.7 Å². The molecule has 0 spiro atoms. The average molecular weight is 437 g/mol. The van der Waals surface area contributed by atoms with Gasteiger partial charge in [-0.3, -0.25) is 10.2 Å². The summed E-state index contributed by atoms with van der Waals surface area (Å²) in [5.41, 5.74) is 9.47. The number of carbonyl (C=O) groups excluding carboxylic acids is 1. The first kappa shape index (κ1) is 22.5. The predicted octanol–water partition coefficient (Wildman–Crippen LogP) is 1.30. The number of rotatable bonds is 7. The van der Waals surface area contributed by atoms with E-state index in [1.54, 1.807) is 0 Å². The van der Waals surface area contributed by atoms with E-state index in [4.69, 9.17) is 33.7 Å². The zero-order chi connectivity index (χ0) is 20.3. The van der Waals surface area contributed by atoms with E-state index in [-0.39, 0.29) is 35.4 Å². The summed E-state index contributed by atoms with van der Waals surface area (Å²) in [4.78, 5) is 12.5. The van der Waals surface area contributed by atoms with Crippen LogP contribution in [0, 0.1) is 5.92 Å². The number of hydrogen-bond acceptors (Lipinski definition) is 6. The Morgan fingerprint density at radius 1 is 1.32 bits per heavy atom. The molecule has 0 bridgehead atoms. The van der Waals surface area contributed by atoms with Crippen LogP contribution < -0.4 is 16.5 Å². The largest absolute Gasteiger partial charge is 0.390 e. The topological polar surface area (TPSA) is 99.9 Å². The molecule has 1 amide bonds. The first-order valence-electron chi connectivity index (χ1n) is 10.5. The van der Waals surface area contributed by atoms with Gasteiger partial charge in [-0.2, -0.15) is 0 Å². The summed E-state index contributed by atoms with van der Waals surface area (Å²) in [6.07, 6.45) is 5.81. The van der Waals surface area contributed by atoms with Gasteiger partial charge in [0, 0.05) is 25.1 Å². The van der Waals surface area contributed by atoms with Gasteiger partial charge in [-0.15, -0.1) is 23.2 Å². The number of hydrogen-bond donors (Lipinski definition) is 4. The number of nitrogens with zero attached hydrogens (tertiary/aromatic N) is 1. The van der Waals surface area contributed by atoms with Crippen LogP contribution >= 0.6 is 23.2 Å². The molecule has 7 nitrogen and oxygen atoms in total. The smallest absolute Gasteiger partial charge is 0.238 e. The second-order valence-electron chi connectivity index (χ2n) is 8.60. The van der Waals surface area contributed by atoms with E-state index in [0.717, 1.165) is 44.9 Å². The highest BCUT2D eigenvalue weighted by Crippen LogP contribution is 2.35. The van der Waals surface area contributed by atoms with Crippen LogP contribution in [0.3, 0.4) is 0 Å². The van der Waals surface area contributed by atoms with Gasteiger partial charge < -0.3 is 20.9 Å². The van der Waals surface area contributed by atoms with E-state index >= 15 is 0 Å². The summed E-state index contributed by atoms with van der Waals surface area (Å²) in [7, 11) is 1.93. The summed E-state index contributed by atoms with van der Waals surface area (Å²) in [6.45, 7) is 0.667. The van der Waals surface area contributed by atoms with Gasteiger partial charge in [0.15, 0.2) is 0 Å². The molecule has 2 aliphatic heterocycles. The number of ether oxygens (including phenoxy) is 1. The van der Waals surface area contributed by atoms with Gasteiger partial charge in [-0.05, 0) is 57.3 Å². The average Bonchev–Trinajstić information content (AvgIpc) is 3.29. The Bertz CT molecular complexity index is 523. The van der Waals surface area contributed by atoms with E-state index in [9.17, 15) is 9.90 Å². The van der Waals surface area contributed by atoms with Crippen molar-refractivity contribution in [3.05, 3.63) is 0 Å². The number of nitrogens with two attached hydrogens (primary N) is 1. The molecule has 28 heavy (non-hydrogen) atoms. The molecule has 3 aliphatic rings. The summed E-state index contributed by atoms with van der Waals surface area (Å²) < 4.78 is 5.47. The number of aliphatic hydroxyl groups is 1. The number of aliphatic hydroxyl groups excluding tert-OH is 1. The molecule has 9 heteroatoms. The van der Waals surface area contributed by atoms with E-state index < -0.39 is 12.1 Å². The molecule has 0 aromatic heterocycles. The second-order valence-corrected chi connectivity index (χ2v) is 9.73. The van der Waals surface area contributed by atoms with Crippen molar-refractivity contribution in [1.82, 2.24) is 15.8 Å². The third-order valence-electron chi connectivity index (χ3n) is 6.32. The van der Waals surface area contributed by atoms with E-state index in [0.29, 0.717) is 18.6 Å². The zero-order valence-electron chi connectivity index (χ0n) is 16.5. The van der Waals surface area contributed by atoms with Crippen molar-refractivity contribution in [3.8, 4) is 0 Å². The molecule has 0 radical (unpaired) electrons. The van der Waals surface area contributed by atoms with Gasteiger partial charge in [-0.25, -0.2) is 5.01 Å². The highest BCUT2D eigenvalue weighted by Gasteiger charge is 2.36. The Morgan fingerprint density at radius 3 is 2.79 bits per heavy atom. The van der Waals surface area contributed by atoms with E-state index in [1.165, 1.54) is 0 Å². The lowest BCUT2D eigenvalue weighted by Crippen LogP contribution is -2.52. The number of amides is 1. The number of halogens is 2. The normalized spacial score (nSPS) is 39.0. The second kappa shape index (κ2) is 10.2. The molecule has 0 aromatic carbocycles. The Balaban J connectivity index is 1.42. The summed E-state index contributed by atoms with van der Waals surface area (Å²) in [5.74, 6) is 0.321. The van der Waals surface area contributed by atoms with Crippen LogP contribution in [0.25, 0.3) is 0 Å². The summed E-state index contributed by atoms with van der Waals surface area (Å²) >= 11 is 12.6. The van der Waals surface area contributed by atoms with Gasteiger partial charge >= 0.3 is 0 Å². The third-order valence-corrected chi connectivity index (χ3v) is 7.45. The van der Waals surface area contributed by atoms with Crippen LogP contribution in [0.2, 0.25) is 0 Å². The van der Waals surface area contributed by atoms with Crippen molar-refractivity contribution in [3.63, 3.8) is 0 Å². The minimum atomic E-state index is -0.748. The molecule has 3 fully saturated rings. The number of carbonyl (C=O) groups is 1. The first-order chi connectivity index (χ1) is 13.3. The predicted molar refractivity (Wildman–Crippen MR) is 110 cm³/mol. The van der Waals surface area contributed by atoms with Crippen LogP contribution in [0.5, 0.6) is 0 Å². The minimum Gasteiger partial charge on any atom is -0.390 e. The standard InChI is InChI=1S/C19H34Cl2N4O3/c1-25-18(9-12(24-25)7-11-4-5-13(20)14(21)8-11)23-19(27)15(22)10-16(26)17-3-2-6-28-17/h11-18,24,26H,2-10,22H2,1H3,(H,23,27). The van der Waals surface area contributed by atoms with Crippen LogP contribution in [-0.2, 0) is 9.53 Å². The lowest BCUT2D eigenvalue weighted by Gasteiger charge is -2.30. The Hall–Kier alpha value is -0.150. The van der Waals surface area contributed by atoms with Crippen LogP contribution in [-0.4, -0.2) is 70.9 Å². The van der Waals surface area contributed by atoms with Crippen molar-refractivity contribution < 1.29 is 14.6 Å². The maximum Gasteiger partial charge on any atom is 0.238 e. The maximum atomic E-state index is 12.5. The van der Waals surface area contributed by atoms with E-state index in [1.807, 2.05) is 12.1 Å². The fraction of sp³-hybridized carbons (Fsp3) is 0.947. The van der Waals surface area contributed by atoms with Crippen molar-refractivity contribution in [1.29, 1.82) is 0 Å². The number of alkyl halides is 2. The van der Waals surface area contributed by atoms with Gasteiger partial charge in [0.05, 0.1) is 29.8 Å². The molecular formula is C19H34Cl2N4O3. The van der Waals surface area contributed by atoms with Crippen molar-refractivity contribution in [2.75, 3.05) is 13.7 Å². The minimum absolute atomic E-state index is 0.0447. The summed E-state index contributed by atoms with van der Waals surface area (Å²) in [6, 6.07) is -0.451. The van der Waals surface area contributed by atoms with Crippen LogP contribution in [0.15, 0.2) is 0 Å². The number of nitrogens with one attached hydrogen (secondary N) is 2. The highest BCUT2D eigenvalue weighted by molar-refractivity contribution is 6.30. The molecule has 1 aliphatic carbocycles. The Morgan fingerprint density at radius 2 is 2.11 bits per heavy atom. The first-order valence-corrected chi connectivity index (χ1v) is 11.3. The third kappa shape index (κ3) is 5.94. The summed E-state index contributed by atoms with van der Waals surface area (Å²) in [5, 5.41) is 15.3. The molecule has 8 unspecified atom stereocenters. The molecule has 0 aromatic rings. The van der Waals surface area contributed by atoms with Crippen molar-refractivity contribution >= 4 is 29.1 Å². The Kier molecular flexibility index (Phi) is 8.24. The number of hydrazine groups is 1. The van der Waals surface area contributed by atoms with E-state index in [2.05, 4.69) is 10.7 Å². The SMILES string of the molecule is CN1NC(CC2CCC(Cl)C(Cl)C2)CC1NC(=O)C(N)CC(O)C1CCCO1. The molecule has 2 saturated heterocycles. The van der Waals surface area contributed by atoms with Crippen LogP contribution in [0.4, 0.5) is 0 Å². The van der Waals surface area contributed by atoms with Crippen LogP contribution in [0.1, 0.15) is 51.4 Å². The molecule has 162 valence electrons. The fourth-order valence-electron chi connectivity index (χ4n) is 4.64. The lowest BCUT2D eigenvalue weighted by molar-refractivity contribution is -0.125. The Labute approximate surface area is 177 Å². The quantitative estimate of drug-likeness (QED) is 0.448. The lowest BCUT2D eigenvalue weighted by atomic mass is 9.84. The van der Waals surface area contributed by atoms with Gasteiger partial charge in [0.2, 0.25) is 5.91 Å². The molecule has 8 atom stereocenters. The molecule has 5 N–H and O–H groups in total. The monoisotopic (exact) mass is 436 g/mol. The fourth-order valence-corrected chi connectivity index (χ4v) is 5.24. The zero-order valence-corrected chi connectivity index (χ0v) is 18.0. The molecule has 1 saturated carbocycles. The van der Waals surface area contributed by atoms with Gasteiger partial charge in [-0.1, -0.05) is 0 Å². The molecule has 2 heterocycles. The molecular weight excluding hydrogens is 403 g/mol. The molecule has 3 rings (SSSR count). The maximum absolute atomic E-state index is 12.5. The highest BCUT2D eigenvalue weighted by atomic mass is 35.5.